The van der Waals surface area contributed by atoms with E-state index in [4.69, 9.17) is 56.8 Å². The van der Waals surface area contributed by atoms with Gasteiger partial charge in [0.15, 0.2) is 11.0 Å². The van der Waals surface area contributed by atoms with Gasteiger partial charge in [-0.25, -0.2) is 22.9 Å². The van der Waals surface area contributed by atoms with Gasteiger partial charge in [-0.3, -0.25) is 25.2 Å². The normalized spacial score (nSPS) is 16.0. The van der Waals surface area contributed by atoms with Crippen LogP contribution < -0.4 is 31.2 Å². The molecule has 10 aromatic rings. The number of carbonyl (C=O) groups is 2. The summed E-state index contributed by atoms with van der Waals surface area (Å²) in [6.45, 7) is 1.53. The fourth-order valence-electron chi connectivity index (χ4n) is 10.6. The van der Waals surface area contributed by atoms with Crippen molar-refractivity contribution in [2.45, 2.75) is 54.1 Å². The van der Waals surface area contributed by atoms with E-state index in [2.05, 4.69) is 24.3 Å². The van der Waals surface area contributed by atoms with Crippen LogP contribution in [0.2, 0.25) is 15.1 Å². The number of nitrogens with one attached hydrogen (secondary N) is 2. The molecular formula is C72H64Cl3IN12O7S3. The fraction of sp³-hybridized carbons (Fsp3) is 0.111. The van der Waals surface area contributed by atoms with Crippen LogP contribution in [0.1, 0.15) is 61.0 Å². The van der Waals surface area contributed by atoms with E-state index >= 15 is 0 Å². The van der Waals surface area contributed by atoms with Gasteiger partial charge in [-0.2, -0.15) is 23.7 Å². The van der Waals surface area contributed by atoms with Gasteiger partial charge in [0.2, 0.25) is 0 Å². The van der Waals surface area contributed by atoms with Crippen molar-refractivity contribution < 1.29 is 31.5 Å². The highest BCUT2D eigenvalue weighted by Crippen LogP contribution is 2.39. The number of rotatable bonds is 13. The second kappa shape index (κ2) is 33.2. The minimum absolute atomic E-state index is 0. The second-order valence-electron chi connectivity index (χ2n) is 22.0. The minimum atomic E-state index is -4.11. The number of carboxylic acid groups (broad SMARTS) is 1. The number of thioether (sulfide) groups is 1. The second-order valence-corrected chi connectivity index (χ2v) is 27.4. The topological polar surface area (TPSA) is 282 Å². The Hall–Kier alpha value is -9.47. The number of anilines is 3. The van der Waals surface area contributed by atoms with Crippen molar-refractivity contribution in [3.05, 3.63) is 280 Å². The number of hydrogen-bond donors (Lipinski definition) is 5. The van der Waals surface area contributed by atoms with Gasteiger partial charge in [-0.1, -0.05) is 198 Å². The number of sulfonamides is 2. The van der Waals surface area contributed by atoms with Gasteiger partial charge < -0.3 is 16.6 Å². The molecule has 0 saturated heterocycles. The maximum absolute atomic E-state index is 13.5. The first-order valence-electron chi connectivity index (χ1n) is 30.0. The highest BCUT2D eigenvalue weighted by atomic mass is 127. The van der Waals surface area contributed by atoms with E-state index in [1.807, 2.05) is 181 Å². The summed E-state index contributed by atoms with van der Waals surface area (Å²) in [6.07, 6.45) is 2.77. The molecular weight excluding hydrogens is 1470 g/mol. The lowest BCUT2D eigenvalue weighted by atomic mass is 10.0. The lowest BCUT2D eigenvalue weighted by Gasteiger charge is -2.24. The van der Waals surface area contributed by atoms with Crippen molar-refractivity contribution in [3.8, 4) is 0 Å². The summed E-state index contributed by atoms with van der Waals surface area (Å²) in [5.74, 6) is -1.60. The van der Waals surface area contributed by atoms with Gasteiger partial charge in [-0.15, -0.1) is 28.4 Å². The number of aliphatic imine (C=N–C) groups is 1. The third-order valence-corrected chi connectivity index (χ3v) is 19.1. The summed E-state index contributed by atoms with van der Waals surface area (Å²) in [6, 6.07) is 75.0. The Kier molecular flexibility index (Phi) is 24.6. The first-order chi connectivity index (χ1) is 46.6. The molecule has 0 radical (unpaired) electrons. The van der Waals surface area contributed by atoms with E-state index in [9.17, 15) is 31.5 Å². The van der Waals surface area contributed by atoms with Gasteiger partial charge in [0.25, 0.3) is 26.0 Å². The molecule has 0 saturated carbocycles. The van der Waals surface area contributed by atoms with Crippen LogP contribution in [0.4, 0.5) is 17.1 Å². The molecule has 10 aromatic carbocycles. The molecule has 0 aliphatic carbocycles. The first kappa shape index (κ1) is 72.8. The monoisotopic (exact) mass is 1540 g/mol. The number of carboxylic acids is 1. The Labute approximate surface area is 603 Å². The molecule has 98 heavy (non-hydrogen) atoms. The number of benzene rings is 10. The zero-order valence-corrected chi connectivity index (χ0v) is 59.5. The Balaban J connectivity index is 0.000000172. The summed E-state index contributed by atoms with van der Waals surface area (Å²) in [4.78, 5) is 28.7. The number of nitrogens with two attached hydrogens (primary N) is 2. The standard InChI is InChI=1S/C28H24ClN5O2S2.C26H20ClN3O3S.C16H13ClN2O2.C2H6N2.HI/c1-37-28(30)31-27(33-38(35,36)24-16-11-19-7-5-6-10-21(19)17-24)25-18-26(20-8-3-2-4-9-20)34(32-25)23-14-12-22(29)13-15-23;27-21-11-13-22(14-12-21)30-25(19-7-2-1-3-8-19)17-24(28-30)26(31)29-34(32,33)23-15-10-18-6-4-5-9-20(18)16-23;17-12-6-8-13(9-7-12)19-15(10-14(18-19)16(20)21)11-4-2-1-3-5-11;1-2(3)4;/h2-17,26H,18H2,1H3,(H2,30,31,33);1-16,25H,17H2,(H,29,31);1-9,15H,10H2,(H,20,21);1H3,(H3,3,4);1H. The molecule has 3 unspecified atom stereocenters. The average molecular weight is 1540 g/mol. The van der Waals surface area contributed by atoms with E-state index in [0.29, 0.717) is 33.6 Å². The highest BCUT2D eigenvalue weighted by molar-refractivity contribution is 14.0. The minimum Gasteiger partial charge on any atom is -0.477 e. The maximum Gasteiger partial charge on any atom is 0.352 e. The van der Waals surface area contributed by atoms with Crippen LogP contribution in [0.15, 0.2) is 283 Å². The number of hydrazone groups is 3. The number of amides is 1. The number of aliphatic carboxylic acids is 1. The Morgan fingerprint density at radius 1 is 0.510 bits per heavy atom. The van der Waals surface area contributed by atoms with Crippen molar-refractivity contribution in [3.63, 3.8) is 0 Å². The molecule has 3 heterocycles. The fourth-order valence-corrected chi connectivity index (χ4v) is 13.1. The van der Waals surface area contributed by atoms with Crippen molar-refractivity contribution in [2.24, 2.45) is 36.2 Å². The summed E-state index contributed by atoms with van der Waals surface area (Å²) < 4.78 is 59.2. The number of hydrogen-bond acceptors (Lipinski definition) is 14. The Morgan fingerprint density at radius 2 is 0.847 bits per heavy atom. The molecule has 0 aromatic heterocycles. The number of halogens is 4. The van der Waals surface area contributed by atoms with Crippen LogP contribution in [0.5, 0.6) is 0 Å². The van der Waals surface area contributed by atoms with Gasteiger partial charge in [0.1, 0.15) is 17.1 Å². The van der Waals surface area contributed by atoms with Gasteiger partial charge >= 0.3 is 5.97 Å². The summed E-state index contributed by atoms with van der Waals surface area (Å²) in [7, 11) is -8.19. The van der Waals surface area contributed by atoms with E-state index in [0.717, 1.165) is 55.3 Å². The van der Waals surface area contributed by atoms with Gasteiger partial charge in [0, 0.05) is 34.3 Å². The van der Waals surface area contributed by atoms with Crippen LogP contribution in [-0.4, -0.2) is 74.0 Å². The first-order valence-corrected chi connectivity index (χ1v) is 35.2. The predicted octanol–water partition coefficient (Wildman–Crippen LogP) is 15.9. The summed E-state index contributed by atoms with van der Waals surface area (Å²) in [5, 5.41) is 39.8. The van der Waals surface area contributed by atoms with E-state index in [1.165, 1.54) is 24.8 Å². The molecule has 3 aliphatic heterocycles. The molecule has 0 spiro atoms. The van der Waals surface area contributed by atoms with E-state index in [1.54, 1.807) is 83.0 Å². The van der Waals surface area contributed by atoms with Crippen molar-refractivity contribution in [2.75, 3.05) is 21.3 Å². The SMILES string of the molecule is CC(=N)N.CSC(N)=NC(=NS(=O)(=O)c1ccc2ccccc2c1)C1=NN(c2ccc(Cl)cc2)C(c2ccccc2)C1.I.O=C(NS(=O)(=O)c1ccc2ccccc2c1)C1=NN(c2ccc(Cl)cc2)C(c2ccccc2)C1.O=C(O)C1=NN(c2ccc(Cl)cc2)C(c2ccccc2)C1. The van der Waals surface area contributed by atoms with E-state index in [-0.39, 0.29) is 86.6 Å². The third-order valence-electron chi connectivity index (χ3n) is 15.2. The van der Waals surface area contributed by atoms with Crippen molar-refractivity contribution in [1.82, 2.24) is 4.72 Å². The number of fused-ring (bicyclic) bond motifs is 2. The van der Waals surface area contributed by atoms with Crippen LogP contribution in [0, 0.1) is 5.41 Å². The average Bonchev–Trinajstić information content (AvgIpc) is 1.62. The van der Waals surface area contributed by atoms with Crippen LogP contribution >= 0.6 is 70.5 Å². The number of carbonyl (C=O) groups excluding carboxylic acids is 1. The maximum atomic E-state index is 13.5. The van der Waals surface area contributed by atoms with E-state index < -0.39 is 31.9 Å². The van der Waals surface area contributed by atoms with Crippen LogP contribution in [-0.2, 0) is 29.6 Å². The highest BCUT2D eigenvalue weighted by Gasteiger charge is 2.36. The van der Waals surface area contributed by atoms with Crippen LogP contribution in [0.3, 0.4) is 0 Å². The largest absolute Gasteiger partial charge is 0.477 e. The molecule has 500 valence electrons. The molecule has 3 aliphatic rings. The Bertz CT molecular complexity index is 4910. The molecule has 26 heteroatoms. The smallest absolute Gasteiger partial charge is 0.352 e. The van der Waals surface area contributed by atoms with Crippen molar-refractivity contribution >= 4 is 175 Å². The molecule has 3 atom stereocenters. The van der Waals surface area contributed by atoms with Crippen molar-refractivity contribution in [1.29, 1.82) is 5.41 Å². The number of amidine groups is 3. The molecule has 1 amide bonds. The zero-order valence-electron chi connectivity index (χ0n) is 52.4. The molecule has 13 rings (SSSR count). The lowest BCUT2D eigenvalue weighted by Crippen LogP contribution is -2.35. The summed E-state index contributed by atoms with van der Waals surface area (Å²) in [5.41, 5.74) is 16.8. The summed E-state index contributed by atoms with van der Waals surface area (Å²) >= 11 is 19.3. The molecule has 19 nitrogen and oxygen atoms in total. The van der Waals surface area contributed by atoms with Gasteiger partial charge in [-0.05, 0) is 148 Å². The lowest BCUT2D eigenvalue weighted by molar-refractivity contribution is -0.129. The van der Waals surface area contributed by atoms with Gasteiger partial charge in [0.05, 0.1) is 50.8 Å². The molecule has 0 bridgehead atoms. The molecule has 0 fully saturated rings. The predicted molar refractivity (Wildman–Crippen MR) is 409 cm³/mol. The quantitative estimate of drug-likeness (QED) is 0.0408. The van der Waals surface area contributed by atoms with Crippen LogP contribution in [0.25, 0.3) is 21.5 Å². The third kappa shape index (κ3) is 18.6. The number of nitrogens with zero attached hydrogens (tertiary/aromatic N) is 8. The Morgan fingerprint density at radius 3 is 1.24 bits per heavy atom. The molecule has 7 N–H and O–H groups in total. The zero-order chi connectivity index (χ0) is 68.8.